The molecule has 29 heavy (non-hydrogen) atoms. The largest absolute Gasteiger partial charge is 0.484 e. The molecular formula is C21H22BrN3O4. The van der Waals surface area contributed by atoms with Crippen molar-refractivity contribution in [3.8, 4) is 5.75 Å². The highest BCUT2D eigenvalue weighted by Gasteiger charge is 2.33. The van der Waals surface area contributed by atoms with E-state index in [1.54, 1.807) is 36.2 Å². The molecule has 0 saturated carbocycles. The van der Waals surface area contributed by atoms with Gasteiger partial charge in [-0.25, -0.2) is 0 Å². The van der Waals surface area contributed by atoms with Crippen molar-refractivity contribution in [2.24, 2.45) is 0 Å². The Morgan fingerprint density at radius 1 is 1.21 bits per heavy atom. The molecule has 2 aromatic carbocycles. The van der Waals surface area contributed by atoms with Crippen LogP contribution >= 0.6 is 15.9 Å². The highest BCUT2D eigenvalue weighted by molar-refractivity contribution is 9.10. The van der Waals surface area contributed by atoms with Gasteiger partial charge in [-0.3, -0.25) is 9.59 Å². The summed E-state index contributed by atoms with van der Waals surface area (Å²) in [6, 6.07) is 13.7. The zero-order valence-electron chi connectivity index (χ0n) is 16.0. The number of rotatable bonds is 6. The van der Waals surface area contributed by atoms with E-state index in [4.69, 9.17) is 4.74 Å². The fourth-order valence-electron chi connectivity index (χ4n) is 3.22. The molecule has 1 unspecified atom stereocenters. The molecule has 0 aliphatic carbocycles. The van der Waals surface area contributed by atoms with Crippen molar-refractivity contribution in [1.82, 2.24) is 9.80 Å². The number of ether oxygens (including phenoxy) is 1. The van der Waals surface area contributed by atoms with Gasteiger partial charge in [0.05, 0.1) is 5.56 Å². The number of carbonyl (C=O) groups is 3. The van der Waals surface area contributed by atoms with E-state index in [1.165, 1.54) is 4.90 Å². The maximum Gasteiger partial charge on any atom is 0.260 e. The first-order valence-electron chi connectivity index (χ1n) is 9.22. The smallest absolute Gasteiger partial charge is 0.260 e. The van der Waals surface area contributed by atoms with Crippen molar-refractivity contribution in [3.63, 3.8) is 0 Å². The summed E-state index contributed by atoms with van der Waals surface area (Å²) in [5.74, 6) is 0.141. The summed E-state index contributed by atoms with van der Waals surface area (Å²) in [5.41, 5.74) is 1.15. The van der Waals surface area contributed by atoms with Gasteiger partial charge in [0.25, 0.3) is 11.8 Å². The zero-order chi connectivity index (χ0) is 20.8. The van der Waals surface area contributed by atoms with E-state index in [-0.39, 0.29) is 31.5 Å². The molecule has 1 N–H and O–H groups in total. The van der Waals surface area contributed by atoms with E-state index < -0.39 is 6.04 Å². The van der Waals surface area contributed by atoms with Crippen molar-refractivity contribution in [2.75, 3.05) is 38.6 Å². The number of hydrogen-bond donors (Lipinski definition) is 1. The Labute approximate surface area is 177 Å². The predicted octanol–water partition coefficient (Wildman–Crippen LogP) is 2.42. The Morgan fingerprint density at radius 3 is 2.66 bits per heavy atom. The number of benzene rings is 2. The average Bonchev–Trinajstić information content (AvgIpc) is 2.77. The summed E-state index contributed by atoms with van der Waals surface area (Å²) in [5, 5.41) is 3.00. The molecule has 0 radical (unpaired) electrons. The summed E-state index contributed by atoms with van der Waals surface area (Å²) >= 11 is 3.38. The number of nitrogens with zero attached hydrogens (tertiary/aromatic N) is 2. The van der Waals surface area contributed by atoms with Gasteiger partial charge >= 0.3 is 0 Å². The molecule has 1 heterocycles. The molecule has 1 aliphatic heterocycles. The van der Waals surface area contributed by atoms with Crippen LogP contribution in [0.15, 0.2) is 53.0 Å². The Hall–Kier alpha value is -2.87. The maximum atomic E-state index is 13.1. The molecule has 2 amide bonds. The lowest BCUT2D eigenvalue weighted by Crippen LogP contribution is -2.57. The second-order valence-electron chi connectivity index (χ2n) is 6.58. The van der Waals surface area contributed by atoms with Crippen LogP contribution in [0.2, 0.25) is 0 Å². The van der Waals surface area contributed by atoms with E-state index in [1.807, 2.05) is 24.3 Å². The predicted molar refractivity (Wildman–Crippen MR) is 113 cm³/mol. The second-order valence-corrected chi connectivity index (χ2v) is 7.50. The topological polar surface area (TPSA) is 79.0 Å². The van der Waals surface area contributed by atoms with Crippen LogP contribution in [0.4, 0.5) is 5.69 Å². The Kier molecular flexibility index (Phi) is 6.87. The number of halogens is 1. The standard InChI is InChI=1S/C21H22BrN3O4/c1-23-19-8-7-15(22)11-18(19)21(28)25-10-9-24(12-16(25)13-26)20(27)14-29-17-5-3-2-4-6-17/h2-8,11,13,16,23H,9-10,12,14H2,1H3. The number of nitrogens with one attached hydrogen (secondary N) is 1. The first kappa shape index (κ1) is 20.9. The molecule has 1 atom stereocenters. The Bertz CT molecular complexity index is 891. The van der Waals surface area contributed by atoms with Crippen molar-refractivity contribution in [3.05, 3.63) is 58.6 Å². The third-order valence-corrected chi connectivity index (χ3v) is 5.27. The summed E-state index contributed by atoms with van der Waals surface area (Å²) in [6.07, 6.45) is 0.715. The van der Waals surface area contributed by atoms with Gasteiger partial charge in [-0.2, -0.15) is 0 Å². The highest BCUT2D eigenvalue weighted by atomic mass is 79.9. The Balaban J connectivity index is 1.66. The van der Waals surface area contributed by atoms with Gasteiger partial charge in [-0.15, -0.1) is 0 Å². The number of hydrogen-bond acceptors (Lipinski definition) is 5. The molecule has 1 fully saturated rings. The van der Waals surface area contributed by atoms with E-state index in [2.05, 4.69) is 21.2 Å². The van der Waals surface area contributed by atoms with Crippen molar-refractivity contribution >= 4 is 39.7 Å². The van der Waals surface area contributed by atoms with Crippen LogP contribution in [0.3, 0.4) is 0 Å². The fraction of sp³-hybridized carbons (Fsp3) is 0.286. The van der Waals surface area contributed by atoms with Crippen molar-refractivity contribution in [2.45, 2.75) is 6.04 Å². The molecule has 0 aromatic heterocycles. The van der Waals surface area contributed by atoms with E-state index in [0.29, 0.717) is 29.8 Å². The summed E-state index contributed by atoms with van der Waals surface area (Å²) in [7, 11) is 1.74. The number of para-hydroxylation sites is 1. The molecule has 0 bridgehead atoms. The number of piperazine rings is 1. The lowest BCUT2D eigenvalue weighted by Gasteiger charge is -2.39. The summed E-state index contributed by atoms with van der Waals surface area (Å²) in [4.78, 5) is 40.3. The first-order chi connectivity index (χ1) is 14.0. The molecule has 1 saturated heterocycles. The lowest BCUT2D eigenvalue weighted by molar-refractivity contribution is -0.136. The van der Waals surface area contributed by atoms with Crippen molar-refractivity contribution in [1.29, 1.82) is 0 Å². The fourth-order valence-corrected chi connectivity index (χ4v) is 3.59. The minimum atomic E-state index is -0.708. The van der Waals surface area contributed by atoms with Crippen LogP contribution in [0.25, 0.3) is 0 Å². The second kappa shape index (κ2) is 9.56. The minimum Gasteiger partial charge on any atom is -0.484 e. The van der Waals surface area contributed by atoms with Gasteiger partial charge < -0.3 is 24.6 Å². The zero-order valence-corrected chi connectivity index (χ0v) is 17.6. The third-order valence-electron chi connectivity index (χ3n) is 4.78. The number of amides is 2. The van der Waals surface area contributed by atoms with Gasteiger partial charge in [0, 0.05) is 36.8 Å². The quantitative estimate of drug-likeness (QED) is 0.671. The van der Waals surface area contributed by atoms with Crippen LogP contribution in [0.5, 0.6) is 5.75 Å². The molecule has 3 rings (SSSR count). The van der Waals surface area contributed by atoms with Crippen LogP contribution < -0.4 is 10.1 Å². The molecule has 0 spiro atoms. The monoisotopic (exact) mass is 459 g/mol. The Morgan fingerprint density at radius 2 is 1.97 bits per heavy atom. The normalized spacial score (nSPS) is 16.3. The number of anilines is 1. The van der Waals surface area contributed by atoms with Crippen LogP contribution in [-0.2, 0) is 9.59 Å². The SMILES string of the molecule is CNc1ccc(Br)cc1C(=O)N1CCN(C(=O)COc2ccccc2)CC1C=O. The van der Waals surface area contributed by atoms with E-state index in [0.717, 1.165) is 4.47 Å². The maximum absolute atomic E-state index is 13.1. The minimum absolute atomic E-state index is 0.112. The van der Waals surface area contributed by atoms with E-state index >= 15 is 0 Å². The third kappa shape index (κ3) is 4.95. The average molecular weight is 460 g/mol. The molecule has 2 aromatic rings. The van der Waals surface area contributed by atoms with E-state index in [9.17, 15) is 14.4 Å². The van der Waals surface area contributed by atoms with Gasteiger partial charge in [0.1, 0.15) is 18.1 Å². The van der Waals surface area contributed by atoms with Gasteiger partial charge in [-0.1, -0.05) is 34.1 Å². The summed E-state index contributed by atoms with van der Waals surface area (Å²) < 4.78 is 6.28. The molecule has 1 aliphatic rings. The highest BCUT2D eigenvalue weighted by Crippen LogP contribution is 2.24. The van der Waals surface area contributed by atoms with Gasteiger partial charge in [0.2, 0.25) is 0 Å². The first-order valence-corrected chi connectivity index (χ1v) is 10.0. The van der Waals surface area contributed by atoms with Gasteiger partial charge in [0.15, 0.2) is 6.61 Å². The van der Waals surface area contributed by atoms with Crippen molar-refractivity contribution < 1.29 is 19.1 Å². The number of carbonyl (C=O) groups excluding carboxylic acids is 3. The van der Waals surface area contributed by atoms with Crippen LogP contribution in [0.1, 0.15) is 10.4 Å². The van der Waals surface area contributed by atoms with Crippen LogP contribution in [-0.4, -0.2) is 67.2 Å². The van der Waals surface area contributed by atoms with Gasteiger partial charge in [-0.05, 0) is 30.3 Å². The molecular weight excluding hydrogens is 438 g/mol. The molecule has 7 nitrogen and oxygen atoms in total. The summed E-state index contributed by atoms with van der Waals surface area (Å²) in [6.45, 7) is 0.652. The number of aldehydes is 1. The lowest BCUT2D eigenvalue weighted by atomic mass is 10.1. The molecule has 8 heteroatoms. The molecule has 152 valence electrons. The van der Waals surface area contributed by atoms with Crippen LogP contribution in [0, 0.1) is 0 Å².